The highest BCUT2D eigenvalue weighted by molar-refractivity contribution is 5.75. The molecule has 0 spiro atoms. The SMILES string of the molecule is COC(=O)C(N)CCCCc1ccccc1. The monoisotopic (exact) mass is 221 g/mol. The third kappa shape index (κ3) is 4.45. The van der Waals surface area contributed by atoms with Crippen LogP contribution in [0.5, 0.6) is 0 Å². The van der Waals surface area contributed by atoms with Crippen molar-refractivity contribution in [2.75, 3.05) is 7.11 Å². The van der Waals surface area contributed by atoms with Crippen molar-refractivity contribution >= 4 is 5.97 Å². The fourth-order valence-electron chi connectivity index (χ4n) is 1.61. The molecular formula is C13H19NO2. The van der Waals surface area contributed by atoms with E-state index in [1.807, 2.05) is 18.2 Å². The van der Waals surface area contributed by atoms with Crippen LogP contribution in [0.3, 0.4) is 0 Å². The van der Waals surface area contributed by atoms with Gasteiger partial charge in [0, 0.05) is 0 Å². The van der Waals surface area contributed by atoms with E-state index in [0.29, 0.717) is 6.42 Å². The maximum Gasteiger partial charge on any atom is 0.322 e. The lowest BCUT2D eigenvalue weighted by molar-refractivity contribution is -0.142. The van der Waals surface area contributed by atoms with Gasteiger partial charge in [-0.1, -0.05) is 36.8 Å². The minimum atomic E-state index is -0.472. The molecule has 0 aliphatic heterocycles. The van der Waals surface area contributed by atoms with Gasteiger partial charge < -0.3 is 10.5 Å². The minimum Gasteiger partial charge on any atom is -0.468 e. The van der Waals surface area contributed by atoms with E-state index in [9.17, 15) is 4.79 Å². The zero-order valence-electron chi connectivity index (χ0n) is 9.69. The van der Waals surface area contributed by atoms with Crippen LogP contribution in [0.15, 0.2) is 30.3 Å². The van der Waals surface area contributed by atoms with E-state index in [4.69, 9.17) is 5.73 Å². The molecule has 0 heterocycles. The molecule has 1 rings (SSSR count). The van der Waals surface area contributed by atoms with Crippen molar-refractivity contribution in [2.24, 2.45) is 5.73 Å². The summed E-state index contributed by atoms with van der Waals surface area (Å²) in [7, 11) is 1.37. The molecule has 1 unspecified atom stereocenters. The van der Waals surface area contributed by atoms with Gasteiger partial charge in [0.25, 0.3) is 0 Å². The number of nitrogens with two attached hydrogens (primary N) is 1. The molecule has 88 valence electrons. The summed E-state index contributed by atoms with van der Waals surface area (Å²) in [6.07, 6.45) is 3.73. The summed E-state index contributed by atoms with van der Waals surface area (Å²) in [6, 6.07) is 9.84. The molecule has 0 aromatic heterocycles. The Bertz CT molecular complexity index is 311. The van der Waals surface area contributed by atoms with E-state index >= 15 is 0 Å². The first-order valence-electron chi connectivity index (χ1n) is 5.61. The highest BCUT2D eigenvalue weighted by atomic mass is 16.5. The van der Waals surface area contributed by atoms with E-state index in [2.05, 4.69) is 16.9 Å². The lowest BCUT2D eigenvalue weighted by Gasteiger charge is -2.08. The Morgan fingerprint density at radius 1 is 1.31 bits per heavy atom. The van der Waals surface area contributed by atoms with Crippen molar-refractivity contribution in [1.29, 1.82) is 0 Å². The van der Waals surface area contributed by atoms with Gasteiger partial charge >= 0.3 is 5.97 Å². The van der Waals surface area contributed by atoms with E-state index in [1.54, 1.807) is 0 Å². The van der Waals surface area contributed by atoms with Gasteiger partial charge in [0.15, 0.2) is 0 Å². The Morgan fingerprint density at radius 2 is 2.00 bits per heavy atom. The van der Waals surface area contributed by atoms with Gasteiger partial charge in [-0.2, -0.15) is 0 Å². The number of hydrogen-bond donors (Lipinski definition) is 1. The summed E-state index contributed by atoms with van der Waals surface area (Å²) in [5.41, 5.74) is 6.96. The predicted molar refractivity (Wildman–Crippen MR) is 64.0 cm³/mol. The number of carbonyl (C=O) groups excluding carboxylic acids is 1. The maximum absolute atomic E-state index is 11.0. The van der Waals surface area contributed by atoms with Crippen molar-refractivity contribution in [2.45, 2.75) is 31.7 Å². The molecule has 0 saturated carbocycles. The average Bonchev–Trinajstić information content (AvgIpc) is 2.34. The van der Waals surface area contributed by atoms with E-state index in [1.165, 1.54) is 12.7 Å². The molecule has 0 radical (unpaired) electrons. The van der Waals surface area contributed by atoms with Crippen LogP contribution in [0.1, 0.15) is 24.8 Å². The van der Waals surface area contributed by atoms with Crippen molar-refractivity contribution in [3.8, 4) is 0 Å². The van der Waals surface area contributed by atoms with Gasteiger partial charge in [-0.15, -0.1) is 0 Å². The molecule has 1 aromatic rings. The quantitative estimate of drug-likeness (QED) is 0.589. The first-order valence-corrected chi connectivity index (χ1v) is 5.61. The number of rotatable bonds is 6. The molecule has 3 heteroatoms. The van der Waals surface area contributed by atoms with Gasteiger partial charge in [-0.25, -0.2) is 0 Å². The summed E-state index contributed by atoms with van der Waals surface area (Å²) in [5, 5.41) is 0. The van der Waals surface area contributed by atoms with Crippen LogP contribution in [0, 0.1) is 0 Å². The second kappa shape index (κ2) is 7.01. The second-order valence-corrected chi connectivity index (χ2v) is 3.86. The number of benzene rings is 1. The van der Waals surface area contributed by atoms with Gasteiger partial charge in [0.2, 0.25) is 0 Å². The molecule has 0 fully saturated rings. The number of aryl methyl sites for hydroxylation is 1. The summed E-state index contributed by atoms with van der Waals surface area (Å²) in [5.74, 6) is -0.320. The largest absolute Gasteiger partial charge is 0.468 e. The molecule has 0 amide bonds. The fraction of sp³-hybridized carbons (Fsp3) is 0.462. The average molecular weight is 221 g/mol. The number of hydrogen-bond acceptors (Lipinski definition) is 3. The van der Waals surface area contributed by atoms with Gasteiger partial charge in [-0.05, 0) is 24.8 Å². The zero-order valence-corrected chi connectivity index (χ0v) is 9.69. The normalized spacial score (nSPS) is 12.1. The Kier molecular flexibility index (Phi) is 5.57. The van der Waals surface area contributed by atoms with Crippen LogP contribution in [0.25, 0.3) is 0 Å². The van der Waals surface area contributed by atoms with Gasteiger partial charge in [0.05, 0.1) is 7.11 Å². The van der Waals surface area contributed by atoms with Crippen LogP contribution >= 0.6 is 0 Å². The predicted octanol–water partition coefficient (Wildman–Crippen LogP) is 1.90. The lowest BCUT2D eigenvalue weighted by Crippen LogP contribution is -2.31. The van der Waals surface area contributed by atoms with Crippen LogP contribution in [-0.4, -0.2) is 19.1 Å². The lowest BCUT2D eigenvalue weighted by atomic mass is 10.0. The fourth-order valence-corrected chi connectivity index (χ4v) is 1.61. The highest BCUT2D eigenvalue weighted by Crippen LogP contribution is 2.07. The number of esters is 1. The molecule has 1 aromatic carbocycles. The molecule has 0 bridgehead atoms. The smallest absolute Gasteiger partial charge is 0.322 e. The standard InChI is InChI=1S/C13H19NO2/c1-16-13(15)12(14)10-6-5-9-11-7-3-2-4-8-11/h2-4,7-8,12H,5-6,9-10,14H2,1H3. The summed E-state index contributed by atoms with van der Waals surface area (Å²) in [4.78, 5) is 11.0. The maximum atomic E-state index is 11.0. The Hall–Kier alpha value is -1.35. The number of methoxy groups -OCH3 is 1. The van der Waals surface area contributed by atoms with Crippen LogP contribution < -0.4 is 5.73 Å². The van der Waals surface area contributed by atoms with Crippen molar-refractivity contribution in [3.05, 3.63) is 35.9 Å². The first-order chi connectivity index (χ1) is 7.74. The van der Waals surface area contributed by atoms with Crippen LogP contribution in [-0.2, 0) is 16.0 Å². The van der Waals surface area contributed by atoms with E-state index in [0.717, 1.165) is 19.3 Å². The molecular weight excluding hydrogens is 202 g/mol. The first kappa shape index (κ1) is 12.7. The summed E-state index contributed by atoms with van der Waals surface area (Å²) >= 11 is 0. The van der Waals surface area contributed by atoms with Crippen molar-refractivity contribution in [1.82, 2.24) is 0 Å². The van der Waals surface area contributed by atoms with Gasteiger partial charge in [-0.3, -0.25) is 4.79 Å². The molecule has 1 atom stereocenters. The van der Waals surface area contributed by atoms with Crippen molar-refractivity contribution in [3.63, 3.8) is 0 Å². The van der Waals surface area contributed by atoms with E-state index < -0.39 is 6.04 Å². The second-order valence-electron chi connectivity index (χ2n) is 3.86. The number of carbonyl (C=O) groups is 1. The number of unbranched alkanes of at least 4 members (excludes halogenated alkanes) is 1. The third-order valence-electron chi connectivity index (χ3n) is 2.58. The number of ether oxygens (including phenoxy) is 1. The molecule has 2 N–H and O–H groups in total. The third-order valence-corrected chi connectivity index (χ3v) is 2.58. The highest BCUT2D eigenvalue weighted by Gasteiger charge is 2.12. The van der Waals surface area contributed by atoms with Gasteiger partial charge in [0.1, 0.15) is 6.04 Å². The summed E-state index contributed by atoms with van der Waals surface area (Å²) in [6.45, 7) is 0. The zero-order chi connectivity index (χ0) is 11.8. The summed E-state index contributed by atoms with van der Waals surface area (Å²) < 4.78 is 4.56. The molecule has 0 saturated heterocycles. The molecule has 0 aliphatic carbocycles. The minimum absolute atomic E-state index is 0.320. The Balaban J connectivity index is 2.15. The topological polar surface area (TPSA) is 52.3 Å². The molecule has 16 heavy (non-hydrogen) atoms. The Morgan fingerprint density at radius 3 is 2.62 bits per heavy atom. The molecule has 0 aliphatic rings. The van der Waals surface area contributed by atoms with Crippen molar-refractivity contribution < 1.29 is 9.53 Å². The van der Waals surface area contributed by atoms with Crippen LogP contribution in [0.2, 0.25) is 0 Å². The van der Waals surface area contributed by atoms with E-state index in [-0.39, 0.29) is 5.97 Å². The Labute approximate surface area is 96.6 Å². The van der Waals surface area contributed by atoms with Crippen LogP contribution in [0.4, 0.5) is 0 Å². The molecule has 3 nitrogen and oxygen atoms in total.